The van der Waals surface area contributed by atoms with Gasteiger partial charge in [0.1, 0.15) is 5.82 Å². The summed E-state index contributed by atoms with van der Waals surface area (Å²) in [6.45, 7) is 14.4. The van der Waals surface area contributed by atoms with Crippen LogP contribution in [0.4, 0.5) is 5.82 Å². The Bertz CT molecular complexity index is 699. The van der Waals surface area contributed by atoms with Crippen LogP contribution in [0.2, 0.25) is 0 Å². The molecule has 0 spiro atoms. The van der Waals surface area contributed by atoms with Gasteiger partial charge in [0.25, 0.3) is 0 Å². The molecule has 2 aromatic heterocycles. The Balaban J connectivity index is 1.64. The van der Waals surface area contributed by atoms with Gasteiger partial charge in [-0.15, -0.1) is 0 Å². The number of nitrogens with one attached hydrogen (secondary N) is 1. The van der Waals surface area contributed by atoms with E-state index in [-0.39, 0.29) is 0 Å². The predicted octanol–water partition coefficient (Wildman–Crippen LogP) is 2.60. The van der Waals surface area contributed by atoms with Crippen molar-refractivity contribution in [1.82, 2.24) is 24.4 Å². The van der Waals surface area contributed by atoms with Gasteiger partial charge in [-0.1, -0.05) is 13.8 Å². The van der Waals surface area contributed by atoms with Crippen LogP contribution in [-0.4, -0.2) is 70.2 Å². The number of aromatic nitrogens is 3. The Morgan fingerprint density at radius 3 is 2.52 bits per heavy atom. The molecule has 6 heteroatoms. The molecule has 1 unspecified atom stereocenters. The summed E-state index contributed by atoms with van der Waals surface area (Å²) in [6.07, 6.45) is 1.13. The molecule has 1 aliphatic rings. The number of rotatable bonds is 6. The third-order valence-corrected chi connectivity index (χ3v) is 5.19. The van der Waals surface area contributed by atoms with Crippen molar-refractivity contribution in [3.05, 3.63) is 23.5 Å². The molecular formula is C19H32N6. The van der Waals surface area contributed by atoms with E-state index in [1.54, 1.807) is 0 Å². The van der Waals surface area contributed by atoms with Gasteiger partial charge in [0.2, 0.25) is 0 Å². The zero-order valence-electron chi connectivity index (χ0n) is 16.3. The van der Waals surface area contributed by atoms with E-state index < -0.39 is 0 Å². The molecule has 1 atom stereocenters. The third kappa shape index (κ3) is 4.30. The molecule has 2 aromatic rings. The van der Waals surface area contributed by atoms with E-state index in [1.807, 2.05) is 17.5 Å². The first-order chi connectivity index (χ1) is 11.9. The van der Waals surface area contributed by atoms with E-state index in [2.05, 4.69) is 54.1 Å². The molecule has 1 fully saturated rings. The van der Waals surface area contributed by atoms with Crippen LogP contribution in [-0.2, 0) is 0 Å². The lowest BCUT2D eigenvalue weighted by molar-refractivity contribution is 0.116. The fourth-order valence-electron chi connectivity index (χ4n) is 3.38. The molecule has 25 heavy (non-hydrogen) atoms. The molecule has 138 valence electrons. The summed E-state index contributed by atoms with van der Waals surface area (Å²) < 4.78 is 1.93. The molecule has 0 aliphatic carbocycles. The summed E-state index contributed by atoms with van der Waals surface area (Å²) in [5, 5.41) is 8.18. The molecule has 0 radical (unpaired) electrons. The Labute approximate surface area is 151 Å². The largest absolute Gasteiger partial charge is 0.370 e. The average molecular weight is 345 g/mol. The highest BCUT2D eigenvalue weighted by molar-refractivity contribution is 5.50. The molecule has 1 saturated heterocycles. The number of hydrogen-bond acceptors (Lipinski definition) is 5. The third-order valence-electron chi connectivity index (χ3n) is 5.19. The lowest BCUT2D eigenvalue weighted by Crippen LogP contribution is -2.48. The lowest BCUT2D eigenvalue weighted by atomic mass is 10.1. The quantitative estimate of drug-likeness (QED) is 0.873. The van der Waals surface area contributed by atoms with E-state index in [9.17, 15) is 0 Å². The zero-order chi connectivity index (χ0) is 18.0. The Hall–Kier alpha value is -1.66. The fraction of sp³-hybridized carbons (Fsp3) is 0.684. The topological polar surface area (TPSA) is 48.7 Å². The fourth-order valence-corrected chi connectivity index (χ4v) is 3.38. The number of likely N-dealkylation sites (N-methyl/N-ethyl adjacent to an activating group) is 1. The van der Waals surface area contributed by atoms with Gasteiger partial charge in [0, 0.05) is 56.6 Å². The van der Waals surface area contributed by atoms with Crippen molar-refractivity contribution in [1.29, 1.82) is 0 Å². The molecule has 6 nitrogen and oxygen atoms in total. The number of hydrogen-bond donors (Lipinski definition) is 1. The summed E-state index contributed by atoms with van der Waals surface area (Å²) in [5.74, 6) is 1.46. The smallest absolute Gasteiger partial charge is 0.157 e. The van der Waals surface area contributed by atoms with Gasteiger partial charge in [0.05, 0.1) is 5.69 Å². The van der Waals surface area contributed by atoms with Crippen LogP contribution in [0, 0.1) is 6.92 Å². The maximum Gasteiger partial charge on any atom is 0.157 e. The van der Waals surface area contributed by atoms with E-state index in [4.69, 9.17) is 4.98 Å². The monoisotopic (exact) mass is 344 g/mol. The summed E-state index contributed by atoms with van der Waals surface area (Å²) in [7, 11) is 2.20. The van der Waals surface area contributed by atoms with Crippen molar-refractivity contribution in [3.63, 3.8) is 0 Å². The van der Waals surface area contributed by atoms with Gasteiger partial charge < -0.3 is 10.2 Å². The first kappa shape index (κ1) is 18.1. The second-order valence-electron chi connectivity index (χ2n) is 7.68. The summed E-state index contributed by atoms with van der Waals surface area (Å²) in [6, 6.07) is 4.79. The van der Waals surface area contributed by atoms with Crippen molar-refractivity contribution in [3.8, 4) is 0 Å². The standard InChI is InChI=1S/C19H32N6/c1-14(2)17-13-18(25-19(21-17)12-15(3)22-25)20-7-6-16(4)24-10-8-23(5)9-11-24/h12-14,16,20H,6-11H2,1-5H3. The molecule has 0 aromatic carbocycles. The van der Waals surface area contributed by atoms with Gasteiger partial charge in [-0.25, -0.2) is 4.98 Å². The summed E-state index contributed by atoms with van der Waals surface area (Å²) in [5.41, 5.74) is 3.04. The average Bonchev–Trinajstić information content (AvgIpc) is 2.95. The minimum atomic E-state index is 0.407. The summed E-state index contributed by atoms with van der Waals surface area (Å²) >= 11 is 0. The van der Waals surface area contributed by atoms with Crippen LogP contribution >= 0.6 is 0 Å². The number of nitrogens with zero attached hydrogens (tertiary/aromatic N) is 5. The van der Waals surface area contributed by atoms with E-state index in [0.717, 1.165) is 35.8 Å². The Morgan fingerprint density at radius 1 is 1.12 bits per heavy atom. The number of anilines is 1. The van der Waals surface area contributed by atoms with Crippen molar-refractivity contribution >= 4 is 11.5 Å². The molecule has 0 amide bonds. The minimum Gasteiger partial charge on any atom is -0.370 e. The Kier molecular flexibility index (Phi) is 5.59. The van der Waals surface area contributed by atoms with Crippen molar-refractivity contribution < 1.29 is 0 Å². The van der Waals surface area contributed by atoms with Crippen LogP contribution in [0.1, 0.15) is 44.5 Å². The number of aryl methyl sites for hydroxylation is 1. The van der Waals surface area contributed by atoms with E-state index in [1.165, 1.54) is 26.2 Å². The van der Waals surface area contributed by atoms with Gasteiger partial charge in [-0.3, -0.25) is 4.90 Å². The number of piperazine rings is 1. The molecule has 0 bridgehead atoms. The van der Waals surface area contributed by atoms with Gasteiger partial charge in [-0.2, -0.15) is 9.61 Å². The molecule has 1 aliphatic heterocycles. The zero-order valence-corrected chi connectivity index (χ0v) is 16.3. The normalized spacial score (nSPS) is 18.2. The van der Waals surface area contributed by atoms with Crippen molar-refractivity contribution in [2.45, 2.75) is 46.1 Å². The number of fused-ring (bicyclic) bond motifs is 1. The second-order valence-corrected chi connectivity index (χ2v) is 7.68. The van der Waals surface area contributed by atoms with Crippen molar-refractivity contribution in [2.75, 3.05) is 45.1 Å². The molecule has 0 saturated carbocycles. The minimum absolute atomic E-state index is 0.407. The molecular weight excluding hydrogens is 312 g/mol. The molecule has 3 heterocycles. The predicted molar refractivity (Wildman–Crippen MR) is 103 cm³/mol. The maximum absolute atomic E-state index is 4.73. The van der Waals surface area contributed by atoms with E-state index >= 15 is 0 Å². The maximum atomic E-state index is 4.73. The van der Waals surface area contributed by atoms with Crippen molar-refractivity contribution in [2.24, 2.45) is 0 Å². The lowest BCUT2D eigenvalue weighted by Gasteiger charge is -2.36. The SMILES string of the molecule is Cc1cc2nc(C(C)C)cc(NCCC(C)N3CCN(C)CC3)n2n1. The highest BCUT2D eigenvalue weighted by Crippen LogP contribution is 2.20. The molecule has 3 rings (SSSR count). The van der Waals surface area contributed by atoms with Gasteiger partial charge in [0.15, 0.2) is 5.65 Å². The second kappa shape index (κ2) is 7.70. The van der Waals surface area contributed by atoms with Gasteiger partial charge in [-0.05, 0) is 33.2 Å². The Morgan fingerprint density at radius 2 is 1.84 bits per heavy atom. The van der Waals surface area contributed by atoms with Crippen LogP contribution in [0.25, 0.3) is 5.65 Å². The first-order valence-corrected chi connectivity index (χ1v) is 9.48. The van der Waals surface area contributed by atoms with Gasteiger partial charge >= 0.3 is 0 Å². The van der Waals surface area contributed by atoms with Crippen LogP contribution in [0.15, 0.2) is 12.1 Å². The van der Waals surface area contributed by atoms with Crippen LogP contribution in [0.5, 0.6) is 0 Å². The highest BCUT2D eigenvalue weighted by Gasteiger charge is 2.19. The first-order valence-electron chi connectivity index (χ1n) is 9.48. The van der Waals surface area contributed by atoms with Crippen LogP contribution < -0.4 is 5.32 Å². The van der Waals surface area contributed by atoms with Crippen LogP contribution in [0.3, 0.4) is 0 Å². The molecule has 1 N–H and O–H groups in total. The summed E-state index contributed by atoms with van der Waals surface area (Å²) in [4.78, 5) is 9.73. The highest BCUT2D eigenvalue weighted by atomic mass is 15.3. The van der Waals surface area contributed by atoms with E-state index in [0.29, 0.717) is 12.0 Å².